The normalized spacial score (nSPS) is 11.8. The van der Waals surface area contributed by atoms with E-state index in [1.165, 1.54) is 0 Å². The van der Waals surface area contributed by atoms with E-state index >= 15 is 0 Å². The molecule has 120 valence electrons. The number of nitrogens with two attached hydrogens (primary N) is 1. The molecule has 2 amide bonds. The Bertz CT molecular complexity index is 732. The lowest BCUT2D eigenvalue weighted by Crippen LogP contribution is -2.46. The summed E-state index contributed by atoms with van der Waals surface area (Å²) in [5, 5.41) is 2.70. The van der Waals surface area contributed by atoms with Crippen molar-refractivity contribution in [2.45, 2.75) is 12.5 Å². The van der Waals surface area contributed by atoms with Crippen LogP contribution in [0.3, 0.4) is 0 Å². The SMILES string of the molecule is NC(=O)[C@H](Cc1ccccc1I)NC(=O)c1cc(Br)cc(Br)c1. The minimum atomic E-state index is -0.767. The van der Waals surface area contributed by atoms with E-state index in [1.807, 2.05) is 30.3 Å². The van der Waals surface area contributed by atoms with Crippen molar-refractivity contribution in [1.82, 2.24) is 5.32 Å². The number of carbonyl (C=O) groups excluding carboxylic acids is 2. The van der Waals surface area contributed by atoms with E-state index < -0.39 is 11.9 Å². The summed E-state index contributed by atoms with van der Waals surface area (Å²) in [5.41, 5.74) is 6.86. The average Bonchev–Trinajstić information content (AvgIpc) is 2.47. The summed E-state index contributed by atoms with van der Waals surface area (Å²) in [6.45, 7) is 0. The summed E-state index contributed by atoms with van der Waals surface area (Å²) in [5.74, 6) is -0.909. The molecule has 0 heterocycles. The van der Waals surface area contributed by atoms with E-state index in [0.29, 0.717) is 12.0 Å². The molecule has 23 heavy (non-hydrogen) atoms. The van der Waals surface area contributed by atoms with E-state index in [9.17, 15) is 9.59 Å². The summed E-state index contributed by atoms with van der Waals surface area (Å²) in [4.78, 5) is 24.1. The Balaban J connectivity index is 2.18. The van der Waals surface area contributed by atoms with E-state index in [1.54, 1.807) is 12.1 Å². The first kappa shape index (κ1) is 18.4. The largest absolute Gasteiger partial charge is 0.368 e. The van der Waals surface area contributed by atoms with Crippen LogP contribution in [0.5, 0.6) is 0 Å². The van der Waals surface area contributed by atoms with Gasteiger partial charge in [-0.2, -0.15) is 0 Å². The zero-order valence-electron chi connectivity index (χ0n) is 11.9. The average molecular weight is 552 g/mol. The number of rotatable bonds is 5. The second-order valence-electron chi connectivity index (χ2n) is 4.88. The quantitative estimate of drug-likeness (QED) is 0.557. The van der Waals surface area contributed by atoms with Gasteiger partial charge < -0.3 is 11.1 Å². The number of amides is 2. The zero-order valence-corrected chi connectivity index (χ0v) is 17.2. The van der Waals surface area contributed by atoms with Crippen molar-refractivity contribution >= 4 is 66.3 Å². The molecule has 0 aromatic heterocycles. The summed E-state index contributed by atoms with van der Waals surface area (Å²) in [7, 11) is 0. The Morgan fingerprint density at radius 1 is 1.13 bits per heavy atom. The van der Waals surface area contributed by atoms with Crippen LogP contribution in [0.4, 0.5) is 0 Å². The molecule has 0 bridgehead atoms. The summed E-state index contributed by atoms with van der Waals surface area (Å²) >= 11 is 8.87. The second-order valence-corrected chi connectivity index (χ2v) is 7.88. The molecule has 0 aliphatic rings. The zero-order chi connectivity index (χ0) is 17.0. The lowest BCUT2D eigenvalue weighted by Gasteiger charge is -2.16. The van der Waals surface area contributed by atoms with Gasteiger partial charge in [-0.05, 0) is 52.4 Å². The van der Waals surface area contributed by atoms with Crippen molar-refractivity contribution in [2.75, 3.05) is 0 Å². The third kappa shape index (κ3) is 5.29. The molecule has 1 atom stereocenters. The molecule has 0 aliphatic carbocycles. The Morgan fingerprint density at radius 3 is 2.30 bits per heavy atom. The van der Waals surface area contributed by atoms with Crippen molar-refractivity contribution < 1.29 is 9.59 Å². The first-order valence-corrected chi connectivity index (χ1v) is 9.33. The van der Waals surface area contributed by atoms with Crippen LogP contribution in [0.2, 0.25) is 0 Å². The highest BCUT2D eigenvalue weighted by molar-refractivity contribution is 14.1. The van der Waals surface area contributed by atoms with Crippen LogP contribution in [0.1, 0.15) is 15.9 Å². The van der Waals surface area contributed by atoms with Gasteiger partial charge in [-0.3, -0.25) is 9.59 Å². The van der Waals surface area contributed by atoms with Gasteiger partial charge >= 0.3 is 0 Å². The van der Waals surface area contributed by atoms with Crippen LogP contribution in [0, 0.1) is 3.57 Å². The predicted molar refractivity (Wildman–Crippen MR) is 105 cm³/mol. The number of benzene rings is 2. The second kappa shape index (κ2) is 8.25. The van der Waals surface area contributed by atoms with Crippen LogP contribution < -0.4 is 11.1 Å². The Morgan fingerprint density at radius 2 is 1.74 bits per heavy atom. The number of hydrogen-bond acceptors (Lipinski definition) is 2. The minimum Gasteiger partial charge on any atom is -0.368 e. The lowest BCUT2D eigenvalue weighted by atomic mass is 10.0. The number of carbonyl (C=O) groups is 2. The van der Waals surface area contributed by atoms with Crippen molar-refractivity contribution in [3.05, 3.63) is 66.1 Å². The molecule has 7 heteroatoms. The monoisotopic (exact) mass is 550 g/mol. The molecule has 0 fully saturated rings. The predicted octanol–water partition coefficient (Wildman–Crippen LogP) is 3.64. The van der Waals surface area contributed by atoms with Crippen LogP contribution in [-0.4, -0.2) is 17.9 Å². The first-order chi connectivity index (χ1) is 10.9. The first-order valence-electron chi connectivity index (χ1n) is 6.66. The van der Waals surface area contributed by atoms with Crippen molar-refractivity contribution in [3.8, 4) is 0 Å². The van der Waals surface area contributed by atoms with Gasteiger partial charge in [-0.15, -0.1) is 0 Å². The third-order valence-corrected chi connectivity index (χ3v) is 5.12. The Kier molecular flexibility index (Phi) is 6.60. The number of primary amides is 1. The lowest BCUT2D eigenvalue weighted by molar-refractivity contribution is -0.119. The molecular formula is C16H13Br2IN2O2. The molecule has 0 unspecified atom stereocenters. The van der Waals surface area contributed by atoms with Gasteiger partial charge in [0.2, 0.25) is 5.91 Å². The fourth-order valence-electron chi connectivity index (χ4n) is 2.03. The molecule has 0 saturated heterocycles. The maximum atomic E-state index is 12.4. The molecule has 2 aromatic carbocycles. The van der Waals surface area contributed by atoms with E-state index in [-0.39, 0.29) is 5.91 Å². The van der Waals surface area contributed by atoms with Crippen molar-refractivity contribution in [3.63, 3.8) is 0 Å². The van der Waals surface area contributed by atoms with E-state index in [2.05, 4.69) is 59.8 Å². The van der Waals surface area contributed by atoms with Gasteiger partial charge in [-0.1, -0.05) is 50.1 Å². The summed E-state index contributed by atoms with van der Waals surface area (Å²) in [6, 6.07) is 12.1. The smallest absolute Gasteiger partial charge is 0.252 e. The fourth-order valence-corrected chi connectivity index (χ4v) is 3.93. The minimum absolute atomic E-state index is 0.346. The van der Waals surface area contributed by atoms with Crippen LogP contribution >= 0.6 is 54.5 Å². The topological polar surface area (TPSA) is 72.2 Å². The molecule has 2 aromatic rings. The Hall–Kier alpha value is -0.930. The van der Waals surface area contributed by atoms with Gasteiger partial charge in [0, 0.05) is 24.5 Å². The van der Waals surface area contributed by atoms with Crippen LogP contribution in [0.25, 0.3) is 0 Å². The van der Waals surface area contributed by atoms with Crippen LogP contribution in [-0.2, 0) is 11.2 Å². The fraction of sp³-hybridized carbons (Fsp3) is 0.125. The highest BCUT2D eigenvalue weighted by Crippen LogP contribution is 2.20. The molecule has 0 radical (unpaired) electrons. The highest BCUT2D eigenvalue weighted by atomic mass is 127. The van der Waals surface area contributed by atoms with Gasteiger partial charge in [-0.25, -0.2) is 0 Å². The number of halogens is 3. The maximum absolute atomic E-state index is 12.4. The summed E-state index contributed by atoms with van der Waals surface area (Å²) in [6.07, 6.45) is 0.357. The molecule has 0 aliphatic heterocycles. The molecular weight excluding hydrogens is 539 g/mol. The van der Waals surface area contributed by atoms with Crippen molar-refractivity contribution in [2.24, 2.45) is 5.73 Å². The molecule has 3 N–H and O–H groups in total. The van der Waals surface area contributed by atoms with Crippen LogP contribution in [0.15, 0.2) is 51.4 Å². The Labute approximate surface area is 164 Å². The van der Waals surface area contributed by atoms with Gasteiger partial charge in [0.25, 0.3) is 5.91 Å². The van der Waals surface area contributed by atoms with E-state index in [0.717, 1.165) is 18.1 Å². The third-order valence-electron chi connectivity index (χ3n) is 3.16. The molecule has 2 rings (SSSR count). The van der Waals surface area contributed by atoms with Gasteiger partial charge in [0.15, 0.2) is 0 Å². The number of nitrogens with one attached hydrogen (secondary N) is 1. The van der Waals surface area contributed by atoms with Crippen molar-refractivity contribution in [1.29, 1.82) is 0 Å². The standard InChI is InChI=1S/C16H13Br2IN2O2/c17-11-5-10(6-12(18)8-11)16(23)21-14(15(20)22)7-9-3-1-2-4-13(9)19/h1-6,8,14H,7H2,(H2,20,22)(H,21,23)/t14-/m0/s1. The van der Waals surface area contributed by atoms with Gasteiger partial charge in [0.1, 0.15) is 6.04 Å². The molecule has 0 saturated carbocycles. The van der Waals surface area contributed by atoms with Gasteiger partial charge in [0.05, 0.1) is 0 Å². The number of hydrogen-bond donors (Lipinski definition) is 2. The highest BCUT2D eigenvalue weighted by Gasteiger charge is 2.20. The molecule has 0 spiro atoms. The van der Waals surface area contributed by atoms with E-state index in [4.69, 9.17) is 5.73 Å². The summed E-state index contributed by atoms with van der Waals surface area (Å²) < 4.78 is 2.56. The maximum Gasteiger partial charge on any atom is 0.252 e. The molecule has 4 nitrogen and oxygen atoms in total.